The third-order valence-electron chi connectivity index (χ3n) is 3.25. The van der Waals surface area contributed by atoms with Gasteiger partial charge in [0.1, 0.15) is 0 Å². The highest BCUT2D eigenvalue weighted by molar-refractivity contribution is 5.94. The Balaban J connectivity index is 1.86. The lowest BCUT2D eigenvalue weighted by Gasteiger charge is -2.14. The number of likely N-dealkylation sites (tertiary alicyclic amines) is 1. The van der Waals surface area contributed by atoms with E-state index in [1.807, 2.05) is 0 Å². The lowest BCUT2D eigenvalue weighted by molar-refractivity contribution is -0.117. The topological polar surface area (TPSA) is 58.6 Å². The molecule has 108 valence electrons. The summed E-state index contributed by atoms with van der Waals surface area (Å²) in [7, 11) is 0. The fraction of sp³-hybridized carbons (Fsp3) is 0.467. The zero-order valence-corrected chi connectivity index (χ0v) is 11.7. The number of esters is 1. The van der Waals surface area contributed by atoms with Crippen molar-refractivity contribution in [2.24, 2.45) is 0 Å². The smallest absolute Gasteiger partial charge is 0.338 e. The predicted molar refractivity (Wildman–Crippen MR) is 76.7 cm³/mol. The van der Waals surface area contributed by atoms with Gasteiger partial charge in [-0.15, -0.1) is 0 Å². The van der Waals surface area contributed by atoms with Crippen LogP contribution in [-0.2, 0) is 9.53 Å². The summed E-state index contributed by atoms with van der Waals surface area (Å²) in [5, 5.41) is 2.83. The van der Waals surface area contributed by atoms with Crippen LogP contribution in [-0.4, -0.2) is 43.0 Å². The van der Waals surface area contributed by atoms with E-state index in [1.54, 1.807) is 31.2 Å². The average Bonchev–Trinajstić information content (AvgIpc) is 2.92. The second kappa shape index (κ2) is 7.05. The molecule has 5 heteroatoms. The minimum absolute atomic E-state index is 0.0178. The van der Waals surface area contributed by atoms with Crippen LogP contribution < -0.4 is 5.32 Å². The summed E-state index contributed by atoms with van der Waals surface area (Å²) in [5.74, 6) is -0.363. The molecule has 20 heavy (non-hydrogen) atoms. The molecule has 1 heterocycles. The highest BCUT2D eigenvalue weighted by atomic mass is 16.5. The first-order chi connectivity index (χ1) is 9.69. The molecule has 0 saturated carbocycles. The maximum absolute atomic E-state index is 11.8. The van der Waals surface area contributed by atoms with Crippen LogP contribution in [0.2, 0.25) is 0 Å². The molecule has 0 bridgehead atoms. The number of amides is 1. The zero-order valence-electron chi connectivity index (χ0n) is 11.7. The number of carbonyl (C=O) groups is 2. The lowest BCUT2D eigenvalue weighted by atomic mass is 10.2. The van der Waals surface area contributed by atoms with Gasteiger partial charge in [-0.2, -0.15) is 0 Å². The van der Waals surface area contributed by atoms with E-state index in [2.05, 4.69) is 10.2 Å². The standard InChI is InChI=1S/C15H20N2O3/c1-2-20-15(19)12-5-7-13(8-6-12)16-14(18)11-17-9-3-4-10-17/h5-8H,2-4,9-11H2,1H3,(H,16,18). The Hall–Kier alpha value is -1.88. The Morgan fingerprint density at radius 3 is 2.45 bits per heavy atom. The summed E-state index contributed by atoms with van der Waals surface area (Å²) in [6.45, 7) is 4.54. The Labute approximate surface area is 118 Å². The van der Waals surface area contributed by atoms with Crippen LogP contribution in [0.25, 0.3) is 0 Å². The molecule has 0 atom stereocenters. The first kappa shape index (κ1) is 14.5. The van der Waals surface area contributed by atoms with Gasteiger partial charge in [-0.3, -0.25) is 9.69 Å². The van der Waals surface area contributed by atoms with Crippen LogP contribution in [0.3, 0.4) is 0 Å². The zero-order chi connectivity index (χ0) is 14.4. The van der Waals surface area contributed by atoms with E-state index in [0.29, 0.717) is 24.4 Å². The lowest BCUT2D eigenvalue weighted by Crippen LogP contribution is -2.30. The van der Waals surface area contributed by atoms with E-state index in [-0.39, 0.29) is 11.9 Å². The van der Waals surface area contributed by atoms with Crippen LogP contribution in [0.5, 0.6) is 0 Å². The molecule has 1 aliphatic heterocycles. The summed E-state index contributed by atoms with van der Waals surface area (Å²) < 4.78 is 4.90. The van der Waals surface area contributed by atoms with Gasteiger partial charge < -0.3 is 10.1 Å². The molecule has 1 aromatic carbocycles. The summed E-state index contributed by atoms with van der Waals surface area (Å²) in [4.78, 5) is 25.5. The Kier molecular flexibility index (Phi) is 5.12. The largest absolute Gasteiger partial charge is 0.462 e. The number of ether oxygens (including phenoxy) is 1. The van der Waals surface area contributed by atoms with Crippen molar-refractivity contribution in [2.45, 2.75) is 19.8 Å². The van der Waals surface area contributed by atoms with Crippen molar-refractivity contribution in [1.29, 1.82) is 0 Å². The van der Waals surface area contributed by atoms with Gasteiger partial charge in [-0.1, -0.05) is 0 Å². The van der Waals surface area contributed by atoms with Crippen molar-refractivity contribution in [3.05, 3.63) is 29.8 Å². The van der Waals surface area contributed by atoms with Gasteiger partial charge in [0.15, 0.2) is 0 Å². The van der Waals surface area contributed by atoms with Gasteiger partial charge in [0.2, 0.25) is 5.91 Å². The number of hydrogen-bond donors (Lipinski definition) is 1. The molecule has 0 aliphatic carbocycles. The van der Waals surface area contributed by atoms with Crippen LogP contribution >= 0.6 is 0 Å². The van der Waals surface area contributed by atoms with Gasteiger partial charge in [-0.25, -0.2) is 4.79 Å². The Morgan fingerprint density at radius 2 is 1.85 bits per heavy atom. The highest BCUT2D eigenvalue weighted by Gasteiger charge is 2.15. The number of nitrogens with one attached hydrogen (secondary N) is 1. The van der Waals surface area contributed by atoms with E-state index < -0.39 is 0 Å². The molecule has 1 amide bonds. The molecule has 0 unspecified atom stereocenters. The molecule has 2 rings (SSSR count). The SMILES string of the molecule is CCOC(=O)c1ccc(NC(=O)CN2CCCC2)cc1. The Bertz CT molecular complexity index is 465. The van der Waals surface area contributed by atoms with Crippen LogP contribution in [0.4, 0.5) is 5.69 Å². The Morgan fingerprint density at radius 1 is 1.20 bits per heavy atom. The molecule has 1 N–H and O–H groups in total. The van der Waals surface area contributed by atoms with Gasteiger partial charge in [0.05, 0.1) is 18.7 Å². The molecular weight excluding hydrogens is 256 g/mol. The summed E-state index contributed by atoms with van der Waals surface area (Å²) in [6.07, 6.45) is 2.34. The van der Waals surface area contributed by atoms with Crippen molar-refractivity contribution in [2.75, 3.05) is 31.6 Å². The molecule has 0 radical (unpaired) electrons. The molecule has 1 aliphatic rings. The minimum atomic E-state index is -0.345. The van der Waals surface area contributed by atoms with Gasteiger partial charge >= 0.3 is 5.97 Å². The van der Waals surface area contributed by atoms with E-state index >= 15 is 0 Å². The number of hydrogen-bond acceptors (Lipinski definition) is 4. The van der Waals surface area contributed by atoms with Gasteiger partial charge in [0, 0.05) is 5.69 Å². The third kappa shape index (κ3) is 4.06. The average molecular weight is 276 g/mol. The van der Waals surface area contributed by atoms with Crippen molar-refractivity contribution >= 4 is 17.6 Å². The maximum Gasteiger partial charge on any atom is 0.338 e. The molecule has 5 nitrogen and oxygen atoms in total. The molecule has 0 spiro atoms. The predicted octanol–water partition coefficient (Wildman–Crippen LogP) is 1.90. The molecule has 0 aromatic heterocycles. The normalized spacial score (nSPS) is 15.1. The molecule has 1 fully saturated rings. The van der Waals surface area contributed by atoms with Crippen LogP contribution in [0.15, 0.2) is 24.3 Å². The van der Waals surface area contributed by atoms with Crippen LogP contribution in [0.1, 0.15) is 30.1 Å². The second-order valence-corrected chi connectivity index (χ2v) is 4.83. The van der Waals surface area contributed by atoms with E-state index in [0.717, 1.165) is 13.1 Å². The van der Waals surface area contributed by atoms with Gasteiger partial charge in [-0.05, 0) is 57.1 Å². The minimum Gasteiger partial charge on any atom is -0.462 e. The molecule has 1 saturated heterocycles. The first-order valence-electron chi connectivity index (χ1n) is 6.98. The van der Waals surface area contributed by atoms with E-state index in [9.17, 15) is 9.59 Å². The third-order valence-corrected chi connectivity index (χ3v) is 3.25. The number of anilines is 1. The van der Waals surface area contributed by atoms with Crippen molar-refractivity contribution in [3.63, 3.8) is 0 Å². The summed E-state index contributed by atoms with van der Waals surface area (Å²) in [5.41, 5.74) is 1.19. The number of benzene rings is 1. The van der Waals surface area contributed by atoms with Crippen molar-refractivity contribution in [1.82, 2.24) is 4.90 Å². The quantitative estimate of drug-likeness (QED) is 0.834. The molecular formula is C15H20N2O3. The maximum atomic E-state index is 11.8. The number of rotatable bonds is 5. The van der Waals surface area contributed by atoms with Crippen molar-refractivity contribution < 1.29 is 14.3 Å². The van der Waals surface area contributed by atoms with Gasteiger partial charge in [0.25, 0.3) is 0 Å². The summed E-state index contributed by atoms with van der Waals surface area (Å²) >= 11 is 0. The first-order valence-corrected chi connectivity index (χ1v) is 6.98. The summed E-state index contributed by atoms with van der Waals surface area (Å²) in [6, 6.07) is 6.75. The fourth-order valence-electron chi connectivity index (χ4n) is 2.25. The highest BCUT2D eigenvalue weighted by Crippen LogP contribution is 2.12. The van der Waals surface area contributed by atoms with Crippen LogP contribution in [0, 0.1) is 0 Å². The number of nitrogens with zero attached hydrogens (tertiary/aromatic N) is 1. The molecule has 1 aromatic rings. The monoisotopic (exact) mass is 276 g/mol. The van der Waals surface area contributed by atoms with E-state index in [1.165, 1.54) is 12.8 Å². The number of carbonyl (C=O) groups excluding carboxylic acids is 2. The fourth-order valence-corrected chi connectivity index (χ4v) is 2.25. The van der Waals surface area contributed by atoms with E-state index in [4.69, 9.17) is 4.74 Å². The van der Waals surface area contributed by atoms with Crippen molar-refractivity contribution in [3.8, 4) is 0 Å². The second-order valence-electron chi connectivity index (χ2n) is 4.83.